The van der Waals surface area contributed by atoms with E-state index in [1.165, 1.54) is 5.56 Å². The number of benzene rings is 1. The third-order valence-corrected chi connectivity index (χ3v) is 3.45. The minimum Gasteiger partial charge on any atom is -0.320 e. The second-order valence-corrected chi connectivity index (χ2v) is 5.00. The summed E-state index contributed by atoms with van der Waals surface area (Å²) in [5.41, 5.74) is 2.38. The first-order valence-corrected chi connectivity index (χ1v) is 6.98. The minimum atomic E-state index is 0.309. The maximum absolute atomic E-state index is 5.96. The van der Waals surface area contributed by atoms with Gasteiger partial charge in [0.05, 0.1) is 0 Å². The van der Waals surface area contributed by atoms with E-state index in [1.54, 1.807) is 0 Å². The molecule has 2 nitrogen and oxygen atoms in total. The van der Waals surface area contributed by atoms with Gasteiger partial charge in [0, 0.05) is 29.3 Å². The fraction of sp³-hybridized carbons (Fsp3) is 0.312. The highest BCUT2D eigenvalue weighted by Gasteiger charge is 2.15. The van der Waals surface area contributed by atoms with Gasteiger partial charge < -0.3 is 5.32 Å². The van der Waals surface area contributed by atoms with Crippen molar-refractivity contribution >= 4 is 17.8 Å². The zero-order valence-corrected chi connectivity index (χ0v) is 11.9. The molecule has 2 rings (SSSR count). The first kappa shape index (κ1) is 14.0. The van der Waals surface area contributed by atoms with Crippen LogP contribution in [0.25, 0.3) is 0 Å². The zero-order chi connectivity index (χ0) is 13.5. The Hall–Kier alpha value is -1.38. The number of aliphatic imine (C=N–C) groups is 1. The number of hydrogen-bond acceptors (Lipinski definition) is 2. The molecule has 0 radical (unpaired) electrons. The van der Waals surface area contributed by atoms with Crippen LogP contribution in [-0.4, -0.2) is 19.8 Å². The predicted octanol–water partition coefficient (Wildman–Crippen LogP) is 3.95. The van der Waals surface area contributed by atoms with Crippen molar-refractivity contribution in [1.82, 2.24) is 5.32 Å². The van der Waals surface area contributed by atoms with Gasteiger partial charge in [0.25, 0.3) is 0 Å². The molecule has 0 saturated carbocycles. The summed E-state index contributed by atoms with van der Waals surface area (Å²) in [5, 5.41) is 3.98. The summed E-state index contributed by atoms with van der Waals surface area (Å²) in [5.74, 6) is 0.309. The fourth-order valence-electron chi connectivity index (χ4n) is 2.18. The molecule has 0 amide bonds. The number of nitrogens with one attached hydrogen (secondary N) is 1. The van der Waals surface area contributed by atoms with E-state index in [0.717, 1.165) is 30.1 Å². The van der Waals surface area contributed by atoms with Crippen molar-refractivity contribution < 1.29 is 0 Å². The van der Waals surface area contributed by atoms with E-state index in [1.807, 2.05) is 25.4 Å². The van der Waals surface area contributed by atoms with Gasteiger partial charge in [0.2, 0.25) is 0 Å². The maximum Gasteiger partial charge on any atom is 0.0474 e. The minimum absolute atomic E-state index is 0.309. The van der Waals surface area contributed by atoms with Gasteiger partial charge in [0.15, 0.2) is 0 Å². The fourth-order valence-corrected chi connectivity index (χ4v) is 2.31. The summed E-state index contributed by atoms with van der Waals surface area (Å²) in [6.07, 6.45) is 10.2. The lowest BCUT2D eigenvalue weighted by molar-refractivity contribution is 0.649. The third-order valence-electron chi connectivity index (χ3n) is 3.20. The third kappa shape index (κ3) is 4.05. The molecule has 0 bridgehead atoms. The lowest BCUT2D eigenvalue weighted by Gasteiger charge is -2.18. The molecule has 1 atom stereocenters. The number of nitrogens with zero attached hydrogens (tertiary/aromatic N) is 1. The van der Waals surface area contributed by atoms with Crippen LogP contribution in [0.2, 0.25) is 5.02 Å². The van der Waals surface area contributed by atoms with Gasteiger partial charge in [-0.25, -0.2) is 0 Å². The zero-order valence-electron chi connectivity index (χ0n) is 11.1. The molecule has 0 spiro atoms. The Morgan fingerprint density at radius 1 is 1.32 bits per heavy atom. The van der Waals surface area contributed by atoms with Crippen molar-refractivity contribution in [2.45, 2.75) is 18.8 Å². The quantitative estimate of drug-likeness (QED) is 0.864. The molecule has 1 aliphatic rings. The molecule has 100 valence electrons. The normalized spacial score (nSPS) is 16.0. The van der Waals surface area contributed by atoms with E-state index in [-0.39, 0.29) is 0 Å². The summed E-state index contributed by atoms with van der Waals surface area (Å²) in [4.78, 5) is 4.59. The molecule has 0 aliphatic carbocycles. The summed E-state index contributed by atoms with van der Waals surface area (Å²) >= 11 is 5.96. The smallest absolute Gasteiger partial charge is 0.0474 e. The summed E-state index contributed by atoms with van der Waals surface area (Å²) in [6, 6.07) is 8.07. The first-order chi connectivity index (χ1) is 9.31. The van der Waals surface area contributed by atoms with Crippen LogP contribution in [0, 0.1) is 0 Å². The van der Waals surface area contributed by atoms with Crippen LogP contribution in [0.1, 0.15) is 24.3 Å². The molecule has 1 aromatic rings. The van der Waals surface area contributed by atoms with E-state index in [4.69, 9.17) is 11.6 Å². The lowest BCUT2D eigenvalue weighted by atomic mass is 9.92. The molecule has 0 aromatic heterocycles. The molecular weight excluding hydrogens is 256 g/mol. The van der Waals surface area contributed by atoms with Gasteiger partial charge in [-0.3, -0.25) is 4.99 Å². The van der Waals surface area contributed by atoms with Crippen LogP contribution in [0.3, 0.4) is 0 Å². The molecule has 19 heavy (non-hydrogen) atoms. The van der Waals surface area contributed by atoms with E-state index in [0.29, 0.717) is 5.92 Å². The topological polar surface area (TPSA) is 24.4 Å². The summed E-state index contributed by atoms with van der Waals surface area (Å²) < 4.78 is 0. The van der Waals surface area contributed by atoms with Crippen LogP contribution in [0.15, 0.2) is 53.2 Å². The average Bonchev–Trinajstić information content (AvgIpc) is 2.70. The van der Waals surface area contributed by atoms with Crippen molar-refractivity contribution in [3.8, 4) is 0 Å². The molecule has 1 N–H and O–H groups in total. The Kier molecular flexibility index (Phi) is 5.37. The summed E-state index contributed by atoms with van der Waals surface area (Å²) in [7, 11) is 1.98. The number of rotatable bonds is 5. The van der Waals surface area contributed by atoms with Gasteiger partial charge in [-0.05, 0) is 43.8 Å². The largest absolute Gasteiger partial charge is 0.320 e. The molecule has 0 saturated heterocycles. The lowest BCUT2D eigenvalue weighted by Crippen LogP contribution is -2.13. The molecule has 3 heteroatoms. The van der Waals surface area contributed by atoms with E-state index >= 15 is 0 Å². The molecule has 1 aromatic carbocycles. The predicted molar refractivity (Wildman–Crippen MR) is 83.1 cm³/mol. The number of hydrogen-bond donors (Lipinski definition) is 1. The maximum atomic E-state index is 5.96. The van der Waals surface area contributed by atoms with Gasteiger partial charge in [-0.15, -0.1) is 0 Å². The monoisotopic (exact) mass is 274 g/mol. The second-order valence-electron chi connectivity index (χ2n) is 4.56. The van der Waals surface area contributed by atoms with Gasteiger partial charge in [0.1, 0.15) is 0 Å². The van der Waals surface area contributed by atoms with Gasteiger partial charge in [-0.2, -0.15) is 0 Å². The molecule has 0 fully saturated rings. The van der Waals surface area contributed by atoms with E-state index < -0.39 is 0 Å². The highest BCUT2D eigenvalue weighted by Crippen LogP contribution is 2.30. The van der Waals surface area contributed by atoms with E-state index in [9.17, 15) is 0 Å². The van der Waals surface area contributed by atoms with Gasteiger partial charge in [-0.1, -0.05) is 35.9 Å². The van der Waals surface area contributed by atoms with Crippen molar-refractivity contribution in [1.29, 1.82) is 0 Å². The first-order valence-electron chi connectivity index (χ1n) is 6.60. The van der Waals surface area contributed by atoms with Gasteiger partial charge >= 0.3 is 0 Å². The number of halogens is 1. The Morgan fingerprint density at radius 2 is 2.11 bits per heavy atom. The Morgan fingerprint density at radius 3 is 2.84 bits per heavy atom. The Labute approximate surface area is 119 Å². The van der Waals surface area contributed by atoms with Crippen LogP contribution >= 0.6 is 11.6 Å². The highest BCUT2D eigenvalue weighted by atomic mass is 35.5. The van der Waals surface area contributed by atoms with Crippen LogP contribution < -0.4 is 5.32 Å². The molecule has 1 aliphatic heterocycles. The standard InChI is InChI=1S/C16H19ClN2/c1-18-12-10-15(13-6-8-14(17)9-7-13)16-5-3-2-4-11-19-16/h2-3,5-9,11,15,18H,4,10,12H2,1H3. The van der Waals surface area contributed by atoms with Crippen molar-refractivity contribution in [2.24, 2.45) is 4.99 Å². The average molecular weight is 275 g/mol. The molecule has 1 unspecified atom stereocenters. The Bertz CT molecular complexity index is 486. The van der Waals surface area contributed by atoms with Crippen LogP contribution in [-0.2, 0) is 0 Å². The number of allylic oxidation sites excluding steroid dienone is 4. The van der Waals surface area contributed by atoms with Crippen molar-refractivity contribution in [3.05, 3.63) is 58.8 Å². The highest BCUT2D eigenvalue weighted by molar-refractivity contribution is 6.30. The van der Waals surface area contributed by atoms with Crippen LogP contribution in [0.5, 0.6) is 0 Å². The molecular formula is C16H19ClN2. The van der Waals surface area contributed by atoms with Crippen LogP contribution in [0.4, 0.5) is 0 Å². The summed E-state index contributed by atoms with van der Waals surface area (Å²) in [6.45, 7) is 0.962. The second kappa shape index (κ2) is 7.27. The Balaban J connectivity index is 2.26. The van der Waals surface area contributed by atoms with E-state index in [2.05, 4.69) is 40.7 Å². The molecule has 1 heterocycles. The SMILES string of the molecule is CNCCC(C1=CC=CCC=N1)c1ccc(Cl)cc1. The van der Waals surface area contributed by atoms with Crippen molar-refractivity contribution in [2.75, 3.05) is 13.6 Å². The van der Waals surface area contributed by atoms with Crippen molar-refractivity contribution in [3.63, 3.8) is 0 Å².